The van der Waals surface area contributed by atoms with Gasteiger partial charge in [0.05, 0.1) is 18.2 Å². The Kier molecular flexibility index (Phi) is 7.85. The standard InChI is InChI=1S/C52H37N3O2/c1-33(35-13-4-2-5-14-35)54-52(44-20-12-19-43-40-18-9-11-22-48(40)57-51(43)44)53-32-34-23-26-41-42-27-25-38(31-50(42)56-49(41)29-34)55-46-21-10-8-17-39(46)45-30-37(24-28-47(45)55)36-15-6-3-7-16-36/h2-27,29-31,47H,28,32H2,1H3. The Hall–Kier alpha value is -7.24. The maximum atomic E-state index is 6.65. The Morgan fingerprint density at radius 3 is 2.25 bits per heavy atom. The molecule has 1 aliphatic carbocycles. The minimum Gasteiger partial charge on any atom is -0.456 e. The van der Waals surface area contributed by atoms with Crippen LogP contribution in [0.1, 0.15) is 41.2 Å². The molecule has 7 aromatic carbocycles. The first kappa shape index (κ1) is 33.1. The zero-order valence-corrected chi connectivity index (χ0v) is 31.4. The highest BCUT2D eigenvalue weighted by molar-refractivity contribution is 6.18. The molecular weight excluding hydrogens is 699 g/mol. The van der Waals surface area contributed by atoms with E-state index in [9.17, 15) is 0 Å². The van der Waals surface area contributed by atoms with E-state index in [4.69, 9.17) is 18.8 Å². The van der Waals surface area contributed by atoms with E-state index in [0.717, 1.165) is 78.4 Å². The summed E-state index contributed by atoms with van der Waals surface area (Å²) in [5.74, 6) is 0.628. The Balaban J connectivity index is 0.948. The van der Waals surface area contributed by atoms with E-state index in [1.807, 2.05) is 43.3 Å². The van der Waals surface area contributed by atoms with Gasteiger partial charge in [-0.25, -0.2) is 4.99 Å². The molecule has 5 heteroatoms. The fraction of sp³-hybridized carbons (Fsp3) is 0.0769. The SMILES string of the molecule is CC(=NC(=NCc1ccc2c(c1)oc1cc(N3c4ccccc4C4=CC(c5ccccc5)=CCC43)ccc12)c1cccc2c1oc1ccccc12)c1ccccc1. The first-order valence-electron chi connectivity index (χ1n) is 19.5. The average molecular weight is 736 g/mol. The van der Waals surface area contributed by atoms with Crippen molar-refractivity contribution >= 4 is 77.9 Å². The Morgan fingerprint density at radius 1 is 0.649 bits per heavy atom. The molecule has 9 aromatic rings. The number of anilines is 2. The zero-order chi connectivity index (χ0) is 37.9. The van der Waals surface area contributed by atoms with E-state index in [0.29, 0.717) is 12.4 Å². The van der Waals surface area contributed by atoms with Gasteiger partial charge in [-0.15, -0.1) is 0 Å². The van der Waals surface area contributed by atoms with E-state index in [1.54, 1.807) is 0 Å². The third kappa shape index (κ3) is 5.70. The summed E-state index contributed by atoms with van der Waals surface area (Å²) in [6.45, 7) is 2.46. The van der Waals surface area contributed by atoms with Gasteiger partial charge >= 0.3 is 0 Å². The number of nitrogens with zero attached hydrogens (tertiary/aromatic N) is 3. The third-order valence-corrected chi connectivity index (χ3v) is 11.4. The summed E-state index contributed by atoms with van der Waals surface area (Å²) in [6, 6.07) is 57.3. The summed E-state index contributed by atoms with van der Waals surface area (Å²) in [7, 11) is 0. The van der Waals surface area contributed by atoms with Crippen LogP contribution in [0.3, 0.4) is 0 Å². The van der Waals surface area contributed by atoms with E-state index in [2.05, 4.69) is 144 Å². The molecule has 57 heavy (non-hydrogen) atoms. The van der Waals surface area contributed by atoms with Crippen LogP contribution in [0.15, 0.2) is 195 Å². The normalized spacial score (nSPS) is 15.7. The van der Waals surface area contributed by atoms with E-state index >= 15 is 0 Å². The van der Waals surface area contributed by atoms with Gasteiger partial charge < -0.3 is 13.7 Å². The lowest BCUT2D eigenvalue weighted by Gasteiger charge is -2.29. The largest absolute Gasteiger partial charge is 0.456 e. The molecule has 272 valence electrons. The minimum absolute atomic E-state index is 0.217. The lowest BCUT2D eigenvalue weighted by atomic mass is 9.89. The van der Waals surface area contributed by atoms with Crippen molar-refractivity contribution in [2.24, 2.45) is 9.98 Å². The van der Waals surface area contributed by atoms with Crippen LogP contribution < -0.4 is 4.90 Å². The summed E-state index contributed by atoms with van der Waals surface area (Å²) < 4.78 is 13.1. The second-order valence-corrected chi connectivity index (χ2v) is 14.9. The van der Waals surface area contributed by atoms with Crippen LogP contribution in [0.5, 0.6) is 0 Å². The summed E-state index contributed by atoms with van der Waals surface area (Å²) in [5, 5.41) is 4.31. The zero-order valence-electron chi connectivity index (χ0n) is 31.4. The maximum Gasteiger partial charge on any atom is 0.158 e. The Labute approximate surface area is 330 Å². The maximum absolute atomic E-state index is 6.65. The number of furan rings is 2. The van der Waals surface area contributed by atoms with Crippen molar-refractivity contribution < 1.29 is 8.83 Å². The monoisotopic (exact) mass is 735 g/mol. The van der Waals surface area contributed by atoms with Crippen molar-refractivity contribution in [2.75, 3.05) is 4.90 Å². The molecule has 3 heterocycles. The van der Waals surface area contributed by atoms with Gasteiger partial charge in [0.15, 0.2) is 5.84 Å². The number of hydrogen-bond acceptors (Lipinski definition) is 4. The number of rotatable bonds is 6. The molecule has 0 radical (unpaired) electrons. The summed E-state index contributed by atoms with van der Waals surface area (Å²) in [4.78, 5) is 12.8. The van der Waals surface area contributed by atoms with Crippen molar-refractivity contribution in [2.45, 2.75) is 25.9 Å². The summed E-state index contributed by atoms with van der Waals surface area (Å²) in [6.07, 6.45) is 5.68. The molecular formula is C52H37N3O2. The van der Waals surface area contributed by atoms with Gasteiger partial charge in [0.1, 0.15) is 22.3 Å². The van der Waals surface area contributed by atoms with Crippen molar-refractivity contribution in [3.05, 3.63) is 204 Å². The highest BCUT2D eigenvalue weighted by atomic mass is 16.3. The number of fused-ring (bicyclic) bond motifs is 9. The number of amidine groups is 1. The van der Waals surface area contributed by atoms with Crippen LogP contribution in [-0.4, -0.2) is 17.6 Å². The highest BCUT2D eigenvalue weighted by Crippen LogP contribution is 2.49. The number of aliphatic imine (C=N–C) groups is 2. The first-order valence-corrected chi connectivity index (χ1v) is 19.5. The molecule has 0 bridgehead atoms. The fourth-order valence-electron chi connectivity index (χ4n) is 8.67. The lowest BCUT2D eigenvalue weighted by Crippen LogP contribution is -2.27. The van der Waals surface area contributed by atoms with Crippen molar-refractivity contribution in [1.29, 1.82) is 0 Å². The van der Waals surface area contributed by atoms with Crippen molar-refractivity contribution in [3.63, 3.8) is 0 Å². The third-order valence-electron chi connectivity index (χ3n) is 11.4. The first-order chi connectivity index (χ1) is 28.2. The van der Waals surface area contributed by atoms with Crippen LogP contribution in [-0.2, 0) is 6.54 Å². The molecule has 0 N–H and O–H groups in total. The van der Waals surface area contributed by atoms with Gasteiger partial charge in [0.25, 0.3) is 0 Å². The molecule has 0 spiro atoms. The highest BCUT2D eigenvalue weighted by Gasteiger charge is 2.36. The molecule has 1 unspecified atom stereocenters. The predicted octanol–water partition coefficient (Wildman–Crippen LogP) is 13.3. The van der Waals surface area contributed by atoms with Gasteiger partial charge in [-0.3, -0.25) is 4.99 Å². The van der Waals surface area contributed by atoms with Crippen LogP contribution in [0, 0.1) is 0 Å². The Morgan fingerprint density at radius 2 is 1.37 bits per heavy atom. The number of para-hydroxylation sites is 3. The summed E-state index contributed by atoms with van der Waals surface area (Å²) >= 11 is 0. The topological polar surface area (TPSA) is 54.2 Å². The molecule has 2 aliphatic rings. The molecule has 11 rings (SSSR count). The number of allylic oxidation sites excluding steroid dienone is 2. The van der Waals surface area contributed by atoms with Gasteiger partial charge in [-0.2, -0.15) is 0 Å². The van der Waals surface area contributed by atoms with Crippen LogP contribution in [0.2, 0.25) is 0 Å². The lowest BCUT2D eigenvalue weighted by molar-refractivity contribution is 0.667. The molecule has 5 nitrogen and oxygen atoms in total. The van der Waals surface area contributed by atoms with Gasteiger partial charge in [-0.05, 0) is 83.7 Å². The van der Waals surface area contributed by atoms with Crippen molar-refractivity contribution in [3.8, 4) is 0 Å². The van der Waals surface area contributed by atoms with Gasteiger partial charge in [-0.1, -0.05) is 127 Å². The van der Waals surface area contributed by atoms with E-state index < -0.39 is 0 Å². The summed E-state index contributed by atoms with van der Waals surface area (Å²) in [5.41, 5.74) is 14.7. The number of hydrogen-bond donors (Lipinski definition) is 0. The van der Waals surface area contributed by atoms with Crippen LogP contribution in [0.4, 0.5) is 11.4 Å². The predicted molar refractivity (Wildman–Crippen MR) is 236 cm³/mol. The molecule has 2 aromatic heterocycles. The second-order valence-electron chi connectivity index (χ2n) is 14.9. The van der Waals surface area contributed by atoms with Gasteiger partial charge in [0.2, 0.25) is 0 Å². The van der Waals surface area contributed by atoms with Crippen LogP contribution >= 0.6 is 0 Å². The fourth-order valence-corrected chi connectivity index (χ4v) is 8.67. The molecule has 0 amide bonds. The number of benzene rings is 7. The molecule has 0 saturated heterocycles. The van der Waals surface area contributed by atoms with E-state index in [-0.39, 0.29) is 6.04 Å². The van der Waals surface area contributed by atoms with Crippen molar-refractivity contribution in [1.82, 2.24) is 0 Å². The second kappa shape index (κ2) is 13.5. The quantitative estimate of drug-likeness (QED) is 0.126. The van der Waals surface area contributed by atoms with E-state index in [1.165, 1.54) is 28.0 Å². The minimum atomic E-state index is 0.217. The molecule has 0 fully saturated rings. The van der Waals surface area contributed by atoms with Gasteiger partial charge in [0, 0.05) is 50.3 Å². The van der Waals surface area contributed by atoms with Crippen LogP contribution in [0.25, 0.3) is 55.0 Å². The Bertz CT molecular complexity index is 3150. The molecule has 0 saturated carbocycles. The molecule has 1 aliphatic heterocycles. The average Bonchev–Trinajstić information content (AvgIpc) is 3.94. The molecule has 1 atom stereocenters. The smallest absolute Gasteiger partial charge is 0.158 e.